The molecule has 1 aromatic carbocycles. The molecule has 0 aliphatic heterocycles. The molecule has 0 atom stereocenters. The largest absolute Gasteiger partial charge is 0.478 e. The zero-order valence-corrected chi connectivity index (χ0v) is 10.0. The zero-order chi connectivity index (χ0) is 14.5. The van der Waals surface area contributed by atoms with Gasteiger partial charge in [-0.2, -0.15) is 0 Å². The smallest absolute Gasteiger partial charge is 0.328 e. The van der Waals surface area contributed by atoms with Gasteiger partial charge in [0.1, 0.15) is 12.1 Å². The van der Waals surface area contributed by atoms with Crippen LogP contribution in [0, 0.1) is 5.82 Å². The molecule has 0 saturated carbocycles. The van der Waals surface area contributed by atoms with E-state index >= 15 is 0 Å². The van der Waals surface area contributed by atoms with E-state index < -0.39 is 17.7 Å². The third-order valence-corrected chi connectivity index (χ3v) is 2.33. The number of carboxylic acid groups (broad SMARTS) is 1. The van der Waals surface area contributed by atoms with Crippen molar-refractivity contribution in [3.8, 4) is 0 Å². The van der Waals surface area contributed by atoms with Gasteiger partial charge in [0.2, 0.25) is 0 Å². The van der Waals surface area contributed by atoms with E-state index in [2.05, 4.69) is 15.0 Å². The van der Waals surface area contributed by atoms with E-state index in [9.17, 15) is 14.0 Å². The summed E-state index contributed by atoms with van der Waals surface area (Å²) in [5.74, 6) is -2.42. The number of aliphatic carboxylic acids is 1. The van der Waals surface area contributed by atoms with Gasteiger partial charge in [-0.05, 0) is 23.8 Å². The Morgan fingerprint density at radius 2 is 2.15 bits per heavy atom. The van der Waals surface area contributed by atoms with Crippen molar-refractivity contribution < 1.29 is 23.6 Å². The highest BCUT2D eigenvalue weighted by atomic mass is 19.1. The number of carbonyl (C=O) groups is 2. The number of hydrogen-bond acceptors (Lipinski definition) is 4. The van der Waals surface area contributed by atoms with Crippen molar-refractivity contribution in [2.45, 2.75) is 0 Å². The first kappa shape index (κ1) is 13.5. The topological polar surface area (TPSA) is 92.4 Å². The summed E-state index contributed by atoms with van der Waals surface area (Å²) in [5.41, 5.74) is 0.356. The van der Waals surface area contributed by atoms with E-state index in [1.807, 2.05) is 0 Å². The standard InChI is InChI=1S/C13H9FN2O4/c14-9-7-8(2-4-12(17)18)1-3-10(9)15-13(19)11-5-6-20-16-11/h1-7H,(H,15,19)(H,17,18). The second-order valence-corrected chi connectivity index (χ2v) is 3.75. The number of nitrogens with one attached hydrogen (secondary N) is 1. The van der Waals surface area contributed by atoms with Gasteiger partial charge >= 0.3 is 5.97 Å². The maximum Gasteiger partial charge on any atom is 0.328 e. The van der Waals surface area contributed by atoms with Crippen molar-refractivity contribution in [1.82, 2.24) is 5.16 Å². The molecule has 7 heteroatoms. The average molecular weight is 276 g/mol. The predicted molar refractivity (Wildman–Crippen MR) is 67.5 cm³/mol. The summed E-state index contributed by atoms with van der Waals surface area (Å²) in [7, 11) is 0. The van der Waals surface area contributed by atoms with Gasteiger partial charge in [0, 0.05) is 12.1 Å². The van der Waals surface area contributed by atoms with Gasteiger partial charge in [0.25, 0.3) is 5.91 Å². The second kappa shape index (κ2) is 5.79. The van der Waals surface area contributed by atoms with Crippen molar-refractivity contribution in [3.05, 3.63) is 53.7 Å². The Morgan fingerprint density at radius 1 is 1.35 bits per heavy atom. The highest BCUT2D eigenvalue weighted by molar-refractivity contribution is 6.02. The van der Waals surface area contributed by atoms with E-state index in [-0.39, 0.29) is 11.4 Å². The van der Waals surface area contributed by atoms with Crippen LogP contribution in [0.5, 0.6) is 0 Å². The van der Waals surface area contributed by atoms with Crippen LogP contribution in [0.1, 0.15) is 16.1 Å². The van der Waals surface area contributed by atoms with Crippen molar-refractivity contribution in [3.63, 3.8) is 0 Å². The molecule has 0 aliphatic rings. The van der Waals surface area contributed by atoms with E-state index in [0.717, 1.165) is 12.1 Å². The van der Waals surface area contributed by atoms with Crippen LogP contribution in [0.15, 0.2) is 41.1 Å². The Bertz CT molecular complexity index is 665. The summed E-state index contributed by atoms with van der Waals surface area (Å²) >= 11 is 0. The molecule has 6 nitrogen and oxygen atoms in total. The van der Waals surface area contributed by atoms with Gasteiger partial charge in [0.05, 0.1) is 5.69 Å². The number of hydrogen-bond donors (Lipinski definition) is 2. The van der Waals surface area contributed by atoms with Crippen LogP contribution in [0.25, 0.3) is 6.08 Å². The maximum atomic E-state index is 13.7. The quantitative estimate of drug-likeness (QED) is 0.835. The number of anilines is 1. The molecule has 20 heavy (non-hydrogen) atoms. The minimum Gasteiger partial charge on any atom is -0.478 e. The van der Waals surface area contributed by atoms with Crippen LogP contribution in [0.4, 0.5) is 10.1 Å². The summed E-state index contributed by atoms with van der Waals surface area (Å²) in [4.78, 5) is 22.0. The first-order valence-electron chi connectivity index (χ1n) is 5.48. The number of rotatable bonds is 4. The van der Waals surface area contributed by atoms with Gasteiger partial charge < -0.3 is 14.9 Å². The van der Waals surface area contributed by atoms with Crippen LogP contribution in [-0.2, 0) is 4.79 Å². The molecule has 102 valence electrons. The van der Waals surface area contributed by atoms with Crippen LogP contribution < -0.4 is 5.32 Å². The van der Waals surface area contributed by atoms with E-state index in [1.165, 1.54) is 30.5 Å². The van der Waals surface area contributed by atoms with Gasteiger partial charge in [-0.1, -0.05) is 11.2 Å². The molecule has 0 unspecified atom stereocenters. The molecule has 2 rings (SSSR count). The maximum absolute atomic E-state index is 13.7. The summed E-state index contributed by atoms with van der Waals surface area (Å²) < 4.78 is 18.2. The lowest BCUT2D eigenvalue weighted by molar-refractivity contribution is -0.131. The third kappa shape index (κ3) is 3.29. The summed E-state index contributed by atoms with van der Waals surface area (Å²) in [6.45, 7) is 0. The summed E-state index contributed by atoms with van der Waals surface area (Å²) in [6.07, 6.45) is 3.36. The van der Waals surface area contributed by atoms with Crippen molar-refractivity contribution in [2.75, 3.05) is 5.32 Å². The Hall–Kier alpha value is -2.96. The van der Waals surface area contributed by atoms with Gasteiger partial charge in [-0.3, -0.25) is 4.79 Å². The highest BCUT2D eigenvalue weighted by Gasteiger charge is 2.11. The van der Waals surface area contributed by atoms with Gasteiger partial charge in [-0.15, -0.1) is 0 Å². The lowest BCUT2D eigenvalue weighted by Gasteiger charge is -2.05. The lowest BCUT2D eigenvalue weighted by atomic mass is 10.2. The zero-order valence-electron chi connectivity index (χ0n) is 10.0. The normalized spacial score (nSPS) is 10.7. The number of carboxylic acids is 1. The monoisotopic (exact) mass is 276 g/mol. The molecule has 0 saturated heterocycles. The molecule has 2 N–H and O–H groups in total. The fourth-order valence-electron chi connectivity index (χ4n) is 1.42. The lowest BCUT2D eigenvalue weighted by Crippen LogP contribution is -2.13. The van der Waals surface area contributed by atoms with E-state index in [1.54, 1.807) is 0 Å². The first-order valence-corrected chi connectivity index (χ1v) is 5.48. The molecule has 1 heterocycles. The molecule has 0 spiro atoms. The molecule has 1 aromatic heterocycles. The van der Waals surface area contributed by atoms with Crippen molar-refractivity contribution >= 4 is 23.6 Å². The van der Waals surface area contributed by atoms with Crippen LogP contribution in [-0.4, -0.2) is 22.1 Å². The Morgan fingerprint density at radius 3 is 2.75 bits per heavy atom. The fraction of sp³-hybridized carbons (Fsp3) is 0. The Balaban J connectivity index is 2.14. The minimum absolute atomic E-state index is 0.0271. The fourth-order valence-corrected chi connectivity index (χ4v) is 1.42. The molecule has 1 amide bonds. The van der Waals surface area contributed by atoms with E-state index in [4.69, 9.17) is 5.11 Å². The molecular formula is C13H9FN2O4. The third-order valence-electron chi connectivity index (χ3n) is 2.33. The molecule has 0 fully saturated rings. The number of nitrogens with zero attached hydrogens (tertiary/aromatic N) is 1. The summed E-state index contributed by atoms with van der Waals surface area (Å²) in [5, 5.41) is 14.2. The Kier molecular flexibility index (Phi) is 3.90. The Labute approximate surface area is 112 Å². The average Bonchev–Trinajstić information content (AvgIpc) is 2.93. The van der Waals surface area contributed by atoms with Crippen LogP contribution in [0.2, 0.25) is 0 Å². The van der Waals surface area contributed by atoms with Crippen LogP contribution >= 0.6 is 0 Å². The van der Waals surface area contributed by atoms with Crippen molar-refractivity contribution in [2.24, 2.45) is 0 Å². The van der Waals surface area contributed by atoms with Crippen molar-refractivity contribution in [1.29, 1.82) is 0 Å². The van der Waals surface area contributed by atoms with Gasteiger partial charge in [-0.25, -0.2) is 9.18 Å². The molecule has 0 aliphatic carbocycles. The molecular weight excluding hydrogens is 267 g/mol. The van der Waals surface area contributed by atoms with Gasteiger partial charge in [0.15, 0.2) is 5.69 Å². The SMILES string of the molecule is O=C(O)C=Cc1ccc(NC(=O)c2ccon2)c(F)c1. The number of aromatic nitrogens is 1. The second-order valence-electron chi connectivity index (χ2n) is 3.75. The first-order chi connectivity index (χ1) is 9.56. The minimum atomic E-state index is -1.13. The number of halogens is 1. The molecule has 0 bridgehead atoms. The summed E-state index contributed by atoms with van der Waals surface area (Å²) in [6, 6.07) is 5.25. The number of benzene rings is 1. The van der Waals surface area contributed by atoms with Crippen LogP contribution in [0.3, 0.4) is 0 Å². The number of carbonyl (C=O) groups excluding carboxylic acids is 1. The molecule has 0 radical (unpaired) electrons. The predicted octanol–water partition coefficient (Wildman–Crippen LogP) is 2.16. The highest BCUT2D eigenvalue weighted by Crippen LogP contribution is 2.17. The molecule has 2 aromatic rings. The number of amides is 1. The van der Waals surface area contributed by atoms with E-state index in [0.29, 0.717) is 5.56 Å².